The van der Waals surface area contributed by atoms with E-state index in [1.54, 1.807) is 5.57 Å². The monoisotopic (exact) mass is 360 g/mol. The van der Waals surface area contributed by atoms with Gasteiger partial charge in [-0.2, -0.15) is 0 Å². The first-order chi connectivity index (χ1) is 12.5. The second kappa shape index (κ2) is 7.03. The van der Waals surface area contributed by atoms with Crippen molar-refractivity contribution in [2.45, 2.75) is 71.3 Å². The van der Waals surface area contributed by atoms with Crippen molar-refractivity contribution >= 4 is 5.71 Å². The van der Waals surface area contributed by atoms with Gasteiger partial charge in [-0.15, -0.1) is 0 Å². The minimum absolute atomic E-state index is 0.0724. The third-order valence-electron chi connectivity index (χ3n) is 8.55. The molecule has 4 aliphatic rings. The Morgan fingerprint density at radius 1 is 1.15 bits per heavy atom. The fourth-order valence-corrected chi connectivity index (χ4v) is 6.94. The molecule has 4 heteroatoms. The van der Waals surface area contributed by atoms with Crippen LogP contribution in [0.5, 0.6) is 0 Å². The predicted octanol–water partition coefficient (Wildman–Crippen LogP) is 3.68. The molecule has 4 nitrogen and oxygen atoms in total. The van der Waals surface area contributed by atoms with Crippen molar-refractivity contribution in [3.63, 3.8) is 0 Å². The molecule has 6 atom stereocenters. The van der Waals surface area contributed by atoms with Gasteiger partial charge in [0.25, 0.3) is 0 Å². The van der Waals surface area contributed by atoms with Gasteiger partial charge in [-0.3, -0.25) is 4.99 Å². The maximum absolute atomic E-state index is 10.6. The van der Waals surface area contributed by atoms with Crippen molar-refractivity contribution in [2.75, 3.05) is 19.9 Å². The highest BCUT2D eigenvalue weighted by Gasteiger charge is 2.58. The van der Waals surface area contributed by atoms with Gasteiger partial charge in [-0.25, -0.2) is 0 Å². The Morgan fingerprint density at radius 2 is 2.00 bits per heavy atom. The zero-order valence-corrected chi connectivity index (χ0v) is 16.5. The summed E-state index contributed by atoms with van der Waals surface area (Å²) in [5.74, 6) is 2.33. The second-order valence-corrected chi connectivity index (χ2v) is 9.62. The minimum atomic E-state index is -0.0724. The molecule has 0 aliphatic heterocycles. The molecular formula is C22H36N2O2. The molecule has 0 radical (unpaired) electrons. The molecule has 3 saturated carbocycles. The van der Waals surface area contributed by atoms with Crippen LogP contribution in [0.1, 0.15) is 65.2 Å². The fourth-order valence-electron chi connectivity index (χ4n) is 6.94. The van der Waals surface area contributed by atoms with Gasteiger partial charge in [-0.05, 0) is 86.0 Å². The third kappa shape index (κ3) is 2.89. The van der Waals surface area contributed by atoms with Crippen molar-refractivity contribution in [3.05, 3.63) is 11.6 Å². The number of ether oxygens (including phenoxy) is 1. The summed E-state index contributed by atoms with van der Waals surface area (Å²) in [7, 11) is 0. The molecule has 4 aliphatic carbocycles. The van der Waals surface area contributed by atoms with Gasteiger partial charge in [-0.1, -0.05) is 19.4 Å². The largest absolute Gasteiger partial charge is 0.393 e. The Balaban J connectivity index is 1.52. The molecule has 0 aromatic heterocycles. The molecular weight excluding hydrogens is 324 g/mol. The number of nitrogens with two attached hydrogens (primary N) is 1. The van der Waals surface area contributed by atoms with Crippen molar-refractivity contribution in [1.29, 1.82) is 0 Å². The van der Waals surface area contributed by atoms with Crippen LogP contribution in [0.2, 0.25) is 0 Å². The Kier molecular flexibility index (Phi) is 5.04. The molecule has 146 valence electrons. The zero-order chi connectivity index (χ0) is 18.4. The maximum Gasteiger partial charge on any atom is 0.137 e. The van der Waals surface area contributed by atoms with E-state index in [-0.39, 0.29) is 11.5 Å². The molecule has 0 heterocycles. The lowest BCUT2D eigenvalue weighted by atomic mass is 9.47. The van der Waals surface area contributed by atoms with Gasteiger partial charge >= 0.3 is 0 Å². The molecule has 3 fully saturated rings. The maximum atomic E-state index is 10.6. The van der Waals surface area contributed by atoms with E-state index in [0.717, 1.165) is 30.6 Å². The summed E-state index contributed by atoms with van der Waals surface area (Å²) in [5, 5.41) is 10.6. The third-order valence-corrected chi connectivity index (χ3v) is 8.55. The van der Waals surface area contributed by atoms with Gasteiger partial charge in [0.05, 0.1) is 12.7 Å². The fraction of sp³-hybridized carbons (Fsp3) is 0.864. The zero-order valence-electron chi connectivity index (χ0n) is 16.5. The van der Waals surface area contributed by atoms with Crippen LogP contribution in [0.25, 0.3) is 0 Å². The summed E-state index contributed by atoms with van der Waals surface area (Å²) in [4.78, 5) is 4.65. The highest BCUT2D eigenvalue weighted by Crippen LogP contribution is 2.65. The number of aliphatic imine (C=N–C) groups is 1. The van der Waals surface area contributed by atoms with E-state index in [1.807, 2.05) is 0 Å². The summed E-state index contributed by atoms with van der Waals surface area (Å²) < 4.78 is 5.44. The molecule has 3 N–H and O–H groups in total. The lowest BCUT2D eigenvalue weighted by Crippen LogP contribution is -2.51. The number of aliphatic hydroxyl groups is 1. The molecule has 0 spiro atoms. The first-order valence-electron chi connectivity index (χ1n) is 10.7. The summed E-state index contributed by atoms with van der Waals surface area (Å²) in [6, 6.07) is 0. The van der Waals surface area contributed by atoms with E-state index in [0.29, 0.717) is 25.3 Å². The first kappa shape index (κ1) is 18.6. The van der Waals surface area contributed by atoms with Gasteiger partial charge in [0, 0.05) is 12.3 Å². The van der Waals surface area contributed by atoms with Crippen LogP contribution in [0.3, 0.4) is 0 Å². The van der Waals surface area contributed by atoms with Crippen LogP contribution in [0, 0.1) is 28.6 Å². The second-order valence-electron chi connectivity index (χ2n) is 9.62. The molecule has 0 amide bonds. The van der Waals surface area contributed by atoms with Crippen LogP contribution in [0.4, 0.5) is 0 Å². The average Bonchev–Trinajstić information content (AvgIpc) is 2.94. The van der Waals surface area contributed by atoms with E-state index in [4.69, 9.17) is 10.5 Å². The van der Waals surface area contributed by atoms with E-state index in [9.17, 15) is 5.11 Å². The van der Waals surface area contributed by atoms with Gasteiger partial charge in [0.2, 0.25) is 0 Å². The molecule has 0 bridgehead atoms. The summed E-state index contributed by atoms with van der Waals surface area (Å²) in [6.45, 7) is 6.47. The van der Waals surface area contributed by atoms with E-state index >= 15 is 0 Å². The molecule has 0 aromatic rings. The smallest absolute Gasteiger partial charge is 0.137 e. The van der Waals surface area contributed by atoms with E-state index < -0.39 is 0 Å². The Labute approximate surface area is 158 Å². The van der Waals surface area contributed by atoms with E-state index in [2.05, 4.69) is 24.9 Å². The summed E-state index contributed by atoms with van der Waals surface area (Å²) in [5.41, 5.74) is 8.83. The molecule has 3 unspecified atom stereocenters. The summed E-state index contributed by atoms with van der Waals surface area (Å²) in [6.07, 6.45) is 11.9. The lowest BCUT2D eigenvalue weighted by molar-refractivity contribution is -0.0721. The van der Waals surface area contributed by atoms with Crippen LogP contribution in [-0.2, 0) is 4.74 Å². The number of hydrogen-bond acceptors (Lipinski definition) is 4. The topological polar surface area (TPSA) is 67.8 Å². The number of fused-ring (bicyclic) bond motifs is 5. The van der Waals surface area contributed by atoms with Gasteiger partial charge in [0.15, 0.2) is 0 Å². The van der Waals surface area contributed by atoms with Crippen LogP contribution >= 0.6 is 0 Å². The molecule has 0 aromatic carbocycles. The Bertz CT molecular complexity index is 601. The van der Waals surface area contributed by atoms with Crippen molar-refractivity contribution in [2.24, 2.45) is 39.3 Å². The molecule has 0 saturated heterocycles. The Hall–Kier alpha value is -0.710. The van der Waals surface area contributed by atoms with E-state index in [1.165, 1.54) is 44.2 Å². The number of hydrogen-bond donors (Lipinski definition) is 2. The highest BCUT2D eigenvalue weighted by molar-refractivity contribution is 5.96. The molecule has 4 rings (SSSR count). The lowest BCUT2D eigenvalue weighted by Gasteiger charge is -2.57. The number of rotatable bonds is 4. The highest BCUT2D eigenvalue weighted by atomic mass is 16.5. The van der Waals surface area contributed by atoms with Gasteiger partial charge in [0.1, 0.15) is 6.73 Å². The Morgan fingerprint density at radius 3 is 2.81 bits per heavy atom. The first-order valence-corrected chi connectivity index (χ1v) is 10.7. The number of nitrogens with zero attached hydrogens (tertiary/aromatic N) is 1. The average molecular weight is 361 g/mol. The number of allylic oxidation sites excluding steroid dienone is 2. The minimum Gasteiger partial charge on any atom is -0.393 e. The van der Waals surface area contributed by atoms with Gasteiger partial charge < -0.3 is 15.6 Å². The van der Waals surface area contributed by atoms with Crippen LogP contribution < -0.4 is 5.73 Å². The normalized spacial score (nSPS) is 46.5. The standard InChI is InChI=1S/C22H36N2O2/c1-21-9-7-16(24-14-26-12-11-23)13-15(21)3-4-17-18-5-6-20(25)22(18,2)10-8-19(17)21/h13,17-20,25H,3-12,14,23H2,1-2H3/b24-16+/t17?,18?,19?,20-,21-,22-/m0/s1. The SMILES string of the molecule is C[C@]12CC/C(=N\COCCN)C=C1CCC1C2CC[C@@]2(C)C1CC[C@@H]2O. The van der Waals surface area contributed by atoms with Crippen molar-refractivity contribution in [1.82, 2.24) is 0 Å². The van der Waals surface area contributed by atoms with Crippen molar-refractivity contribution < 1.29 is 9.84 Å². The summed E-state index contributed by atoms with van der Waals surface area (Å²) >= 11 is 0. The van der Waals surface area contributed by atoms with Crippen molar-refractivity contribution in [3.8, 4) is 0 Å². The quantitative estimate of drug-likeness (QED) is 0.752. The number of aliphatic hydroxyl groups excluding tert-OH is 1. The molecule has 26 heavy (non-hydrogen) atoms. The van der Waals surface area contributed by atoms with Crippen LogP contribution in [0.15, 0.2) is 16.6 Å². The van der Waals surface area contributed by atoms with Crippen LogP contribution in [-0.4, -0.2) is 36.8 Å². The predicted molar refractivity (Wildman–Crippen MR) is 105 cm³/mol.